The van der Waals surface area contributed by atoms with Crippen molar-refractivity contribution in [3.05, 3.63) is 41.5 Å². The highest BCUT2D eigenvalue weighted by Gasteiger charge is 2.36. The minimum atomic E-state index is -1.30. The molecule has 0 radical (unpaired) electrons. The summed E-state index contributed by atoms with van der Waals surface area (Å²) in [5.41, 5.74) is 1.27. The van der Waals surface area contributed by atoms with E-state index in [0.717, 1.165) is 18.9 Å². The van der Waals surface area contributed by atoms with E-state index >= 15 is 0 Å². The molecule has 32 heavy (non-hydrogen) atoms. The van der Waals surface area contributed by atoms with E-state index < -0.39 is 29.6 Å². The Labute approximate surface area is 187 Å². The van der Waals surface area contributed by atoms with Gasteiger partial charge in [0.1, 0.15) is 0 Å². The van der Waals surface area contributed by atoms with Gasteiger partial charge in [-0.3, -0.25) is 4.98 Å². The van der Waals surface area contributed by atoms with Crippen LogP contribution in [0.2, 0.25) is 0 Å². The largest absolute Gasteiger partial charge is 0.479 e. The molecule has 1 aliphatic rings. The van der Waals surface area contributed by atoms with Crippen LogP contribution in [0, 0.1) is 24.2 Å². The third-order valence-corrected chi connectivity index (χ3v) is 5.78. The minimum absolute atomic E-state index is 0.0693. The van der Waals surface area contributed by atoms with E-state index in [9.17, 15) is 18.7 Å². The van der Waals surface area contributed by atoms with E-state index in [0.29, 0.717) is 35.6 Å². The van der Waals surface area contributed by atoms with Crippen LogP contribution in [0.15, 0.2) is 18.3 Å². The zero-order valence-corrected chi connectivity index (χ0v) is 19.5. The second kappa shape index (κ2) is 8.73. The highest BCUT2D eigenvalue weighted by molar-refractivity contribution is 5.86. The van der Waals surface area contributed by atoms with Crippen molar-refractivity contribution in [3.8, 4) is 11.1 Å². The van der Waals surface area contributed by atoms with Crippen LogP contribution in [-0.2, 0) is 9.53 Å². The lowest BCUT2D eigenvalue weighted by molar-refractivity contribution is -0.160. The maximum atomic E-state index is 14.7. The number of carboxylic acid groups (broad SMARTS) is 1. The fourth-order valence-corrected chi connectivity index (χ4v) is 4.00. The lowest BCUT2D eigenvalue weighted by Crippen LogP contribution is -2.39. The van der Waals surface area contributed by atoms with Gasteiger partial charge in [-0.05, 0) is 58.1 Å². The average Bonchev–Trinajstić information content (AvgIpc) is 2.66. The zero-order chi connectivity index (χ0) is 23.8. The van der Waals surface area contributed by atoms with Crippen LogP contribution in [0.5, 0.6) is 0 Å². The number of hydrogen-bond donors (Lipinski definition) is 1. The Balaban J connectivity index is 2.27. The number of piperidine rings is 1. The van der Waals surface area contributed by atoms with Gasteiger partial charge in [-0.25, -0.2) is 4.79 Å². The summed E-state index contributed by atoms with van der Waals surface area (Å²) in [5, 5.41) is 10.1. The number of carbonyl (C=O) groups is 1. The summed E-state index contributed by atoms with van der Waals surface area (Å²) in [6.45, 7) is 12.8. The van der Waals surface area contributed by atoms with Gasteiger partial charge in [-0.2, -0.15) is 13.8 Å². The van der Waals surface area contributed by atoms with Crippen molar-refractivity contribution < 1.29 is 23.4 Å². The van der Waals surface area contributed by atoms with Crippen LogP contribution < -0.4 is 4.90 Å². The molecule has 2 aromatic heterocycles. The molecule has 1 atom stereocenters. The van der Waals surface area contributed by atoms with Crippen LogP contribution in [0.3, 0.4) is 0 Å². The Hall–Kier alpha value is -2.61. The van der Waals surface area contributed by atoms with Gasteiger partial charge in [0, 0.05) is 41.7 Å². The molecule has 3 rings (SSSR count). The fourth-order valence-electron chi connectivity index (χ4n) is 4.00. The number of hydrogen-bond acceptors (Lipinski definition) is 5. The SMILES string of the molecule is Cc1ncc(-c2ccc(F)nc2F)c(N2CCC(C)(C)CC2)c1[C@H](OC(C)(C)C)C(=O)O. The number of rotatable bonds is 5. The Bertz CT molecular complexity index is 1010. The van der Waals surface area contributed by atoms with Gasteiger partial charge >= 0.3 is 5.97 Å². The Morgan fingerprint density at radius 1 is 1.19 bits per heavy atom. The van der Waals surface area contributed by atoms with Gasteiger partial charge in [0.15, 0.2) is 6.10 Å². The van der Waals surface area contributed by atoms with Crippen molar-refractivity contribution >= 4 is 11.7 Å². The first kappa shape index (κ1) is 24.0. The molecule has 0 aromatic carbocycles. The molecule has 3 heterocycles. The van der Waals surface area contributed by atoms with E-state index in [2.05, 4.69) is 28.7 Å². The highest BCUT2D eigenvalue weighted by Crippen LogP contribution is 2.43. The molecule has 174 valence electrons. The molecule has 0 saturated carbocycles. The van der Waals surface area contributed by atoms with Crippen LogP contribution >= 0.6 is 0 Å². The number of aryl methyl sites for hydroxylation is 1. The number of ether oxygens (including phenoxy) is 1. The third-order valence-electron chi connectivity index (χ3n) is 5.78. The maximum Gasteiger partial charge on any atom is 0.337 e. The first-order valence-electron chi connectivity index (χ1n) is 10.8. The maximum absolute atomic E-state index is 14.7. The molecule has 2 aromatic rings. The molecular formula is C24H31F2N3O3. The van der Waals surface area contributed by atoms with Crippen molar-refractivity contribution in [2.75, 3.05) is 18.0 Å². The molecule has 1 aliphatic heterocycles. The monoisotopic (exact) mass is 447 g/mol. The predicted molar refractivity (Wildman–Crippen MR) is 119 cm³/mol. The topological polar surface area (TPSA) is 75.5 Å². The summed E-state index contributed by atoms with van der Waals surface area (Å²) in [6, 6.07) is 2.40. The molecule has 0 unspecified atom stereocenters. The standard InChI is InChI=1S/C24H31F2N3O3/c1-14-18(20(22(30)31)32-23(2,3)4)19(29-11-9-24(5,6)10-12-29)16(13-27-14)15-7-8-17(25)28-21(15)26/h7-8,13,20H,9-12H2,1-6H3,(H,30,31)/t20-/m0/s1. The van der Waals surface area contributed by atoms with Gasteiger partial charge in [0.2, 0.25) is 11.9 Å². The number of carboxylic acids is 1. The minimum Gasteiger partial charge on any atom is -0.479 e. The van der Waals surface area contributed by atoms with Crippen LogP contribution in [-0.4, -0.2) is 39.7 Å². The van der Waals surface area contributed by atoms with E-state index in [4.69, 9.17) is 4.74 Å². The first-order chi connectivity index (χ1) is 14.8. The first-order valence-corrected chi connectivity index (χ1v) is 10.8. The van der Waals surface area contributed by atoms with Crippen LogP contribution in [0.4, 0.5) is 14.5 Å². The number of halogens is 2. The number of anilines is 1. The summed E-state index contributed by atoms with van der Waals surface area (Å²) in [6.07, 6.45) is 1.97. The molecule has 0 bridgehead atoms. The van der Waals surface area contributed by atoms with Gasteiger partial charge in [-0.15, -0.1) is 0 Å². The van der Waals surface area contributed by atoms with E-state index in [1.54, 1.807) is 27.7 Å². The van der Waals surface area contributed by atoms with Gasteiger partial charge in [0.05, 0.1) is 11.3 Å². The molecule has 1 N–H and O–H groups in total. The molecule has 1 fully saturated rings. The van der Waals surface area contributed by atoms with Crippen LogP contribution in [0.1, 0.15) is 64.8 Å². The van der Waals surface area contributed by atoms with Crippen LogP contribution in [0.25, 0.3) is 11.1 Å². The molecule has 0 aliphatic carbocycles. The molecule has 8 heteroatoms. The van der Waals surface area contributed by atoms with Crippen molar-refractivity contribution in [1.29, 1.82) is 0 Å². The highest BCUT2D eigenvalue weighted by atomic mass is 19.1. The number of pyridine rings is 2. The predicted octanol–water partition coefficient (Wildman–Crippen LogP) is 5.30. The summed E-state index contributed by atoms with van der Waals surface area (Å²) in [5.74, 6) is -3.05. The molecule has 0 spiro atoms. The molecule has 1 saturated heterocycles. The summed E-state index contributed by atoms with van der Waals surface area (Å²) in [4.78, 5) is 22.1. The second-order valence-corrected chi connectivity index (χ2v) is 10.1. The molecule has 6 nitrogen and oxygen atoms in total. The fraction of sp³-hybridized carbons (Fsp3) is 0.542. The smallest absolute Gasteiger partial charge is 0.337 e. The van der Waals surface area contributed by atoms with Gasteiger partial charge in [0.25, 0.3) is 0 Å². The van der Waals surface area contributed by atoms with Crippen molar-refractivity contribution in [2.24, 2.45) is 5.41 Å². The lowest BCUT2D eigenvalue weighted by Gasteiger charge is -2.40. The average molecular weight is 448 g/mol. The number of nitrogens with zero attached hydrogens (tertiary/aromatic N) is 3. The second-order valence-electron chi connectivity index (χ2n) is 10.1. The zero-order valence-electron chi connectivity index (χ0n) is 19.5. The third kappa shape index (κ3) is 5.23. The number of aromatic nitrogens is 2. The van der Waals surface area contributed by atoms with E-state index in [-0.39, 0.29) is 11.0 Å². The summed E-state index contributed by atoms with van der Waals surface area (Å²) >= 11 is 0. The quantitative estimate of drug-likeness (QED) is 0.627. The van der Waals surface area contributed by atoms with E-state index in [1.807, 2.05) is 0 Å². The van der Waals surface area contributed by atoms with Gasteiger partial charge < -0.3 is 14.7 Å². The van der Waals surface area contributed by atoms with Crippen molar-refractivity contribution in [2.45, 2.75) is 66.1 Å². The lowest BCUT2D eigenvalue weighted by atomic mass is 9.82. The number of aliphatic carboxylic acids is 1. The molecule has 0 amide bonds. The van der Waals surface area contributed by atoms with Crippen molar-refractivity contribution in [3.63, 3.8) is 0 Å². The summed E-state index contributed by atoms with van der Waals surface area (Å²) < 4.78 is 34.2. The van der Waals surface area contributed by atoms with Crippen molar-refractivity contribution in [1.82, 2.24) is 9.97 Å². The van der Waals surface area contributed by atoms with E-state index in [1.165, 1.54) is 12.3 Å². The Morgan fingerprint density at radius 2 is 1.81 bits per heavy atom. The Morgan fingerprint density at radius 3 is 2.34 bits per heavy atom. The Kier molecular flexibility index (Phi) is 6.56. The summed E-state index contributed by atoms with van der Waals surface area (Å²) in [7, 11) is 0. The normalized spacial score (nSPS) is 17.3. The molecular weight excluding hydrogens is 416 g/mol. The van der Waals surface area contributed by atoms with Gasteiger partial charge in [-0.1, -0.05) is 13.8 Å².